The lowest BCUT2D eigenvalue weighted by molar-refractivity contribution is -0.127. The number of nitrogens with zero attached hydrogens (tertiary/aromatic N) is 4. The normalized spacial score (nSPS) is 14.2. The van der Waals surface area contributed by atoms with Gasteiger partial charge in [0.2, 0.25) is 5.91 Å². The topological polar surface area (TPSA) is 76.9 Å². The van der Waals surface area contributed by atoms with Crippen LogP contribution in [-0.4, -0.2) is 53.7 Å². The summed E-state index contributed by atoms with van der Waals surface area (Å²) in [6, 6.07) is 10.2. The zero-order chi connectivity index (χ0) is 27.7. The van der Waals surface area contributed by atoms with E-state index in [4.69, 9.17) is 9.47 Å². The minimum atomic E-state index is -0.288. The van der Waals surface area contributed by atoms with Crippen molar-refractivity contribution in [3.63, 3.8) is 0 Å². The Balaban J connectivity index is 1.62. The van der Waals surface area contributed by atoms with Crippen LogP contribution in [0.4, 0.5) is 11.5 Å². The Morgan fingerprint density at radius 1 is 1.03 bits per heavy atom. The first-order chi connectivity index (χ1) is 18.8. The zero-order valence-electron chi connectivity index (χ0n) is 23.2. The van der Waals surface area contributed by atoms with Gasteiger partial charge in [0.1, 0.15) is 12.4 Å². The Kier molecular flexibility index (Phi) is 7.46. The fourth-order valence-corrected chi connectivity index (χ4v) is 5.87. The van der Waals surface area contributed by atoms with Crippen LogP contribution in [0.15, 0.2) is 47.8 Å². The first-order valence-corrected chi connectivity index (χ1v) is 13.5. The van der Waals surface area contributed by atoms with Crippen molar-refractivity contribution in [3.05, 3.63) is 75.7 Å². The summed E-state index contributed by atoms with van der Waals surface area (Å²) < 4.78 is 13.2. The molecule has 3 heterocycles. The van der Waals surface area contributed by atoms with E-state index in [1.165, 1.54) is 5.56 Å². The quantitative estimate of drug-likeness (QED) is 0.374. The van der Waals surface area contributed by atoms with Gasteiger partial charge in [0.25, 0.3) is 0 Å². The number of ether oxygens (including phenoxy) is 2. The molecule has 0 N–H and O–H groups in total. The number of methoxy groups -OCH3 is 1. The smallest absolute Gasteiger partial charge is 0.350 e. The predicted octanol–water partition coefficient (Wildman–Crippen LogP) is 4.73. The standard InChI is InChI=1S/C31H36N4O4/c1-6-14-39-27-17-23-9-11-34-25(24(23)18-26(27)38-5)19-28(32-31(34)37)35(13-12-33-10-7-8-29(33)36)30-21(3)15-20(2)16-22(30)4/h6,15-19H,1,7-14H2,2-5H3. The molecule has 204 valence electrons. The van der Waals surface area contributed by atoms with Gasteiger partial charge in [0, 0.05) is 49.9 Å². The summed E-state index contributed by atoms with van der Waals surface area (Å²) in [5, 5.41) is 0. The van der Waals surface area contributed by atoms with Crippen LogP contribution >= 0.6 is 0 Å². The van der Waals surface area contributed by atoms with Gasteiger partial charge in [-0.25, -0.2) is 4.79 Å². The molecule has 2 aromatic carbocycles. The van der Waals surface area contributed by atoms with E-state index in [2.05, 4.69) is 49.4 Å². The van der Waals surface area contributed by atoms with Crippen LogP contribution in [0.3, 0.4) is 0 Å². The molecular formula is C31H36N4O4. The second-order valence-electron chi connectivity index (χ2n) is 10.3. The predicted molar refractivity (Wildman–Crippen MR) is 153 cm³/mol. The molecule has 8 nitrogen and oxygen atoms in total. The van der Waals surface area contributed by atoms with Crippen molar-refractivity contribution < 1.29 is 14.3 Å². The van der Waals surface area contributed by atoms with E-state index in [-0.39, 0.29) is 11.6 Å². The lowest BCUT2D eigenvalue weighted by Gasteiger charge is -2.31. The molecule has 2 aliphatic rings. The Morgan fingerprint density at radius 3 is 2.46 bits per heavy atom. The highest BCUT2D eigenvalue weighted by atomic mass is 16.5. The molecule has 3 aromatic rings. The first-order valence-electron chi connectivity index (χ1n) is 13.5. The fraction of sp³-hybridized carbons (Fsp3) is 0.387. The van der Waals surface area contributed by atoms with Gasteiger partial charge in [-0.05, 0) is 62.4 Å². The number of anilines is 2. The Hall–Kier alpha value is -4.07. The summed E-state index contributed by atoms with van der Waals surface area (Å²) in [6.45, 7) is 12.8. The number of aromatic nitrogens is 2. The maximum atomic E-state index is 13.4. The lowest BCUT2D eigenvalue weighted by atomic mass is 9.96. The molecule has 0 aliphatic carbocycles. The average molecular weight is 529 g/mol. The number of likely N-dealkylation sites (tertiary alicyclic amines) is 1. The van der Waals surface area contributed by atoms with Crippen molar-refractivity contribution in [2.75, 3.05) is 38.3 Å². The molecule has 1 saturated heterocycles. The molecule has 0 bridgehead atoms. The van der Waals surface area contributed by atoms with Gasteiger partial charge in [-0.2, -0.15) is 4.98 Å². The van der Waals surface area contributed by atoms with Crippen molar-refractivity contribution in [1.29, 1.82) is 0 Å². The molecule has 8 heteroatoms. The van der Waals surface area contributed by atoms with Crippen molar-refractivity contribution in [2.45, 2.75) is 46.6 Å². The van der Waals surface area contributed by atoms with E-state index in [9.17, 15) is 9.59 Å². The SMILES string of the molecule is C=CCOc1cc2c(cc1OC)-c1cc(N(CCN3CCCC3=O)c3c(C)cc(C)cc3C)nc(=O)n1CC2. The fourth-order valence-electron chi connectivity index (χ4n) is 5.87. The number of aryl methyl sites for hydroxylation is 4. The second kappa shape index (κ2) is 11.0. The third kappa shape index (κ3) is 5.15. The maximum absolute atomic E-state index is 13.4. The van der Waals surface area contributed by atoms with Crippen molar-refractivity contribution >= 4 is 17.4 Å². The third-order valence-corrected chi connectivity index (χ3v) is 7.57. The maximum Gasteiger partial charge on any atom is 0.350 e. The number of carbonyl (C=O) groups excluding carboxylic acids is 1. The molecular weight excluding hydrogens is 492 g/mol. The number of hydrogen-bond acceptors (Lipinski definition) is 6. The van der Waals surface area contributed by atoms with Crippen molar-refractivity contribution in [1.82, 2.24) is 14.5 Å². The Morgan fingerprint density at radius 2 is 1.79 bits per heavy atom. The van der Waals surface area contributed by atoms with E-state index < -0.39 is 0 Å². The van der Waals surface area contributed by atoms with Gasteiger partial charge in [0.15, 0.2) is 11.5 Å². The highest BCUT2D eigenvalue weighted by Gasteiger charge is 2.26. The minimum Gasteiger partial charge on any atom is -0.493 e. The largest absolute Gasteiger partial charge is 0.493 e. The molecule has 0 radical (unpaired) electrons. The molecule has 5 rings (SSSR count). The van der Waals surface area contributed by atoms with Crippen LogP contribution in [0.1, 0.15) is 35.1 Å². The van der Waals surface area contributed by atoms with Gasteiger partial charge in [-0.15, -0.1) is 0 Å². The number of benzene rings is 2. The number of rotatable bonds is 9. The lowest BCUT2D eigenvalue weighted by Crippen LogP contribution is -2.36. The van der Waals surface area contributed by atoms with Crippen LogP contribution in [-0.2, 0) is 17.8 Å². The molecule has 39 heavy (non-hydrogen) atoms. The van der Waals surface area contributed by atoms with Crippen molar-refractivity contribution in [2.24, 2.45) is 0 Å². The minimum absolute atomic E-state index is 0.182. The summed E-state index contributed by atoms with van der Waals surface area (Å²) in [5.41, 5.74) is 6.92. The summed E-state index contributed by atoms with van der Waals surface area (Å²) in [5.74, 6) is 2.02. The van der Waals surface area contributed by atoms with E-state index >= 15 is 0 Å². The van der Waals surface area contributed by atoms with Crippen LogP contribution in [0.5, 0.6) is 11.5 Å². The van der Waals surface area contributed by atoms with E-state index in [1.807, 2.05) is 23.1 Å². The summed E-state index contributed by atoms with van der Waals surface area (Å²) >= 11 is 0. The molecule has 2 aliphatic heterocycles. The van der Waals surface area contributed by atoms with Gasteiger partial charge in [-0.3, -0.25) is 9.36 Å². The summed E-state index contributed by atoms with van der Waals surface area (Å²) in [6.07, 6.45) is 3.87. The average Bonchev–Trinajstić information content (AvgIpc) is 3.32. The second-order valence-corrected chi connectivity index (χ2v) is 10.3. The highest BCUT2D eigenvalue weighted by Crippen LogP contribution is 2.40. The first kappa shape index (κ1) is 26.5. The molecule has 0 atom stereocenters. The van der Waals surface area contributed by atoms with Crippen LogP contribution in [0, 0.1) is 20.8 Å². The molecule has 0 unspecified atom stereocenters. The number of hydrogen-bond donors (Lipinski definition) is 0. The zero-order valence-corrected chi connectivity index (χ0v) is 23.2. The molecule has 1 aromatic heterocycles. The number of fused-ring (bicyclic) bond motifs is 3. The monoisotopic (exact) mass is 528 g/mol. The van der Waals surface area contributed by atoms with Gasteiger partial charge in [-0.1, -0.05) is 30.4 Å². The Bertz CT molecular complexity index is 1470. The molecule has 1 amide bonds. The number of carbonyl (C=O) groups is 1. The van der Waals surface area contributed by atoms with Crippen molar-refractivity contribution in [3.8, 4) is 22.8 Å². The van der Waals surface area contributed by atoms with Gasteiger partial charge in [0.05, 0.1) is 12.8 Å². The van der Waals surface area contributed by atoms with Crippen LogP contribution < -0.4 is 20.1 Å². The van der Waals surface area contributed by atoms with Crippen LogP contribution in [0.2, 0.25) is 0 Å². The third-order valence-electron chi connectivity index (χ3n) is 7.57. The van der Waals surface area contributed by atoms with E-state index in [1.54, 1.807) is 17.8 Å². The van der Waals surface area contributed by atoms with Crippen LogP contribution in [0.25, 0.3) is 11.3 Å². The molecule has 1 fully saturated rings. The van der Waals surface area contributed by atoms with Gasteiger partial charge < -0.3 is 19.3 Å². The van der Waals surface area contributed by atoms with E-state index in [0.29, 0.717) is 56.4 Å². The molecule has 0 spiro atoms. The molecule has 0 saturated carbocycles. The van der Waals surface area contributed by atoms with Gasteiger partial charge >= 0.3 is 5.69 Å². The number of amides is 1. The highest BCUT2D eigenvalue weighted by molar-refractivity contribution is 5.78. The Labute approximate surface area is 229 Å². The van der Waals surface area contributed by atoms with E-state index in [0.717, 1.165) is 46.6 Å². The summed E-state index contributed by atoms with van der Waals surface area (Å²) in [7, 11) is 1.61. The summed E-state index contributed by atoms with van der Waals surface area (Å²) in [4.78, 5) is 34.4.